The van der Waals surface area contributed by atoms with Crippen LogP contribution < -0.4 is 0 Å². The standard InChI is InChI=1S/C20H20N4O/c25-15-17-8-4-5-9-19(17)20-14-24(22-21-20)18-10-11-23(13-18)12-16-6-2-1-3-7-16/h1-9,14-15,18H,10-13H2. The Labute approximate surface area is 146 Å². The van der Waals surface area contributed by atoms with Crippen molar-refractivity contribution in [3.63, 3.8) is 0 Å². The highest BCUT2D eigenvalue weighted by Gasteiger charge is 2.25. The van der Waals surface area contributed by atoms with E-state index in [2.05, 4.69) is 39.5 Å². The van der Waals surface area contributed by atoms with E-state index in [0.29, 0.717) is 11.6 Å². The lowest BCUT2D eigenvalue weighted by Gasteiger charge is -2.15. The van der Waals surface area contributed by atoms with Crippen LogP contribution in [0.15, 0.2) is 60.8 Å². The Morgan fingerprint density at radius 2 is 1.88 bits per heavy atom. The van der Waals surface area contributed by atoms with Crippen LogP contribution in [0.1, 0.15) is 28.4 Å². The molecule has 1 aliphatic heterocycles. The van der Waals surface area contributed by atoms with E-state index < -0.39 is 0 Å². The Bertz CT molecular complexity index is 859. The van der Waals surface area contributed by atoms with Crippen LogP contribution in [0, 0.1) is 0 Å². The third kappa shape index (κ3) is 3.37. The van der Waals surface area contributed by atoms with Crippen molar-refractivity contribution in [2.75, 3.05) is 13.1 Å². The molecule has 1 fully saturated rings. The lowest BCUT2D eigenvalue weighted by atomic mass is 10.1. The lowest BCUT2D eigenvalue weighted by Crippen LogP contribution is -2.21. The molecule has 3 aromatic rings. The van der Waals surface area contributed by atoms with Gasteiger partial charge in [0.2, 0.25) is 0 Å². The second-order valence-electron chi connectivity index (χ2n) is 6.45. The number of aldehydes is 1. The lowest BCUT2D eigenvalue weighted by molar-refractivity contribution is 0.112. The second kappa shape index (κ2) is 6.99. The van der Waals surface area contributed by atoms with E-state index in [1.54, 1.807) is 6.07 Å². The van der Waals surface area contributed by atoms with Gasteiger partial charge in [0.15, 0.2) is 6.29 Å². The van der Waals surface area contributed by atoms with Crippen molar-refractivity contribution in [3.05, 3.63) is 71.9 Å². The number of aromatic nitrogens is 3. The van der Waals surface area contributed by atoms with Crippen molar-refractivity contribution >= 4 is 6.29 Å². The molecular formula is C20H20N4O. The van der Waals surface area contributed by atoms with Crippen LogP contribution in [0.3, 0.4) is 0 Å². The Morgan fingerprint density at radius 1 is 1.08 bits per heavy atom. The van der Waals surface area contributed by atoms with Crippen LogP contribution in [0.5, 0.6) is 0 Å². The maximum Gasteiger partial charge on any atom is 0.150 e. The SMILES string of the molecule is O=Cc1ccccc1-c1cn(C2CCN(Cc3ccccc3)C2)nn1. The first-order valence-electron chi connectivity index (χ1n) is 8.56. The summed E-state index contributed by atoms with van der Waals surface area (Å²) in [6, 6.07) is 18.3. The fraction of sp³-hybridized carbons (Fsp3) is 0.250. The van der Waals surface area contributed by atoms with Crippen LogP contribution in [0.4, 0.5) is 0 Å². The first-order chi connectivity index (χ1) is 12.3. The van der Waals surface area contributed by atoms with Crippen LogP contribution in [0.25, 0.3) is 11.3 Å². The van der Waals surface area contributed by atoms with Crippen molar-refractivity contribution in [2.45, 2.75) is 19.0 Å². The molecule has 2 aromatic carbocycles. The summed E-state index contributed by atoms with van der Waals surface area (Å²) < 4.78 is 1.95. The summed E-state index contributed by atoms with van der Waals surface area (Å²) in [5.41, 5.74) is 3.57. The van der Waals surface area contributed by atoms with E-state index in [4.69, 9.17) is 0 Å². The first kappa shape index (κ1) is 15.7. The van der Waals surface area contributed by atoms with Crippen molar-refractivity contribution in [3.8, 4) is 11.3 Å². The summed E-state index contributed by atoms with van der Waals surface area (Å²) >= 11 is 0. The topological polar surface area (TPSA) is 51.0 Å². The summed E-state index contributed by atoms with van der Waals surface area (Å²) in [6.45, 7) is 2.99. The number of nitrogens with zero attached hydrogens (tertiary/aromatic N) is 4. The molecule has 5 heteroatoms. The number of hydrogen-bond acceptors (Lipinski definition) is 4. The minimum Gasteiger partial charge on any atom is -0.298 e. The molecule has 1 atom stereocenters. The zero-order valence-electron chi connectivity index (χ0n) is 14.0. The zero-order chi connectivity index (χ0) is 17.1. The highest BCUT2D eigenvalue weighted by atomic mass is 16.1. The van der Waals surface area contributed by atoms with E-state index in [-0.39, 0.29) is 0 Å². The molecule has 25 heavy (non-hydrogen) atoms. The third-order valence-electron chi connectivity index (χ3n) is 4.74. The molecule has 1 aliphatic rings. The maximum atomic E-state index is 11.2. The molecule has 126 valence electrons. The van der Waals surface area contributed by atoms with E-state index in [9.17, 15) is 4.79 Å². The molecule has 0 aliphatic carbocycles. The molecule has 0 radical (unpaired) electrons. The number of rotatable bonds is 5. The average Bonchev–Trinajstić information content (AvgIpc) is 3.32. The molecule has 0 bridgehead atoms. The van der Waals surface area contributed by atoms with Crippen LogP contribution in [0.2, 0.25) is 0 Å². The molecule has 1 aromatic heterocycles. The van der Waals surface area contributed by atoms with E-state index in [1.165, 1.54) is 5.56 Å². The van der Waals surface area contributed by atoms with Gasteiger partial charge < -0.3 is 0 Å². The molecule has 5 nitrogen and oxygen atoms in total. The molecule has 0 N–H and O–H groups in total. The second-order valence-corrected chi connectivity index (χ2v) is 6.45. The van der Waals surface area contributed by atoms with Gasteiger partial charge in [0.25, 0.3) is 0 Å². The zero-order valence-corrected chi connectivity index (χ0v) is 14.0. The summed E-state index contributed by atoms with van der Waals surface area (Å²) in [7, 11) is 0. The molecule has 4 rings (SSSR count). The highest BCUT2D eigenvalue weighted by molar-refractivity contribution is 5.86. The average molecular weight is 332 g/mol. The van der Waals surface area contributed by atoms with Gasteiger partial charge in [0.1, 0.15) is 5.69 Å². The Morgan fingerprint density at radius 3 is 2.72 bits per heavy atom. The van der Waals surface area contributed by atoms with Gasteiger partial charge in [-0.05, 0) is 12.0 Å². The van der Waals surface area contributed by atoms with Crippen LogP contribution in [-0.4, -0.2) is 39.3 Å². The van der Waals surface area contributed by atoms with Crippen LogP contribution in [-0.2, 0) is 6.54 Å². The predicted octanol–water partition coefficient (Wildman–Crippen LogP) is 3.20. The number of hydrogen-bond donors (Lipinski definition) is 0. The van der Waals surface area contributed by atoms with Crippen molar-refractivity contribution < 1.29 is 4.79 Å². The normalized spacial score (nSPS) is 17.7. The highest BCUT2D eigenvalue weighted by Crippen LogP contribution is 2.25. The van der Waals surface area contributed by atoms with E-state index >= 15 is 0 Å². The van der Waals surface area contributed by atoms with Gasteiger partial charge in [-0.3, -0.25) is 9.69 Å². The number of likely N-dealkylation sites (tertiary alicyclic amines) is 1. The summed E-state index contributed by atoms with van der Waals surface area (Å²) in [4.78, 5) is 13.7. The van der Waals surface area contributed by atoms with Crippen LogP contribution >= 0.6 is 0 Å². The molecular weight excluding hydrogens is 312 g/mol. The number of carbonyl (C=O) groups excluding carboxylic acids is 1. The first-order valence-corrected chi connectivity index (χ1v) is 8.56. The van der Waals surface area contributed by atoms with Gasteiger partial charge in [-0.15, -0.1) is 5.10 Å². The van der Waals surface area contributed by atoms with Crippen molar-refractivity contribution in [1.82, 2.24) is 19.9 Å². The quantitative estimate of drug-likeness (QED) is 0.673. The molecule has 0 spiro atoms. The summed E-state index contributed by atoms with van der Waals surface area (Å²) in [6.07, 6.45) is 3.88. The molecule has 0 amide bonds. The smallest absolute Gasteiger partial charge is 0.150 e. The van der Waals surface area contributed by atoms with E-state index in [1.807, 2.05) is 35.1 Å². The number of benzene rings is 2. The van der Waals surface area contributed by atoms with Crippen molar-refractivity contribution in [2.24, 2.45) is 0 Å². The van der Waals surface area contributed by atoms with Gasteiger partial charge in [-0.1, -0.05) is 59.8 Å². The maximum absolute atomic E-state index is 11.2. The monoisotopic (exact) mass is 332 g/mol. The molecule has 1 saturated heterocycles. The summed E-state index contributed by atoms with van der Waals surface area (Å²) in [5.74, 6) is 0. The van der Waals surface area contributed by atoms with Gasteiger partial charge in [-0.2, -0.15) is 0 Å². The Hall–Kier alpha value is -2.79. The number of carbonyl (C=O) groups is 1. The minimum absolute atomic E-state index is 0.327. The largest absolute Gasteiger partial charge is 0.298 e. The molecule has 2 heterocycles. The summed E-state index contributed by atoms with van der Waals surface area (Å²) in [5, 5.41) is 8.60. The predicted molar refractivity (Wildman–Crippen MR) is 96.2 cm³/mol. The molecule has 0 saturated carbocycles. The minimum atomic E-state index is 0.327. The Kier molecular flexibility index (Phi) is 4.39. The van der Waals surface area contributed by atoms with Gasteiger partial charge in [-0.25, -0.2) is 4.68 Å². The van der Waals surface area contributed by atoms with Gasteiger partial charge in [0, 0.05) is 30.8 Å². The van der Waals surface area contributed by atoms with Gasteiger partial charge >= 0.3 is 0 Å². The fourth-order valence-corrected chi connectivity index (χ4v) is 3.43. The van der Waals surface area contributed by atoms with Crippen molar-refractivity contribution in [1.29, 1.82) is 0 Å². The van der Waals surface area contributed by atoms with E-state index in [0.717, 1.165) is 43.6 Å². The molecule has 1 unspecified atom stereocenters. The fourth-order valence-electron chi connectivity index (χ4n) is 3.43. The van der Waals surface area contributed by atoms with Gasteiger partial charge in [0.05, 0.1) is 12.2 Å². The third-order valence-corrected chi connectivity index (χ3v) is 4.74. The Balaban J connectivity index is 1.47.